The van der Waals surface area contributed by atoms with E-state index in [1.54, 1.807) is 29.9 Å². The van der Waals surface area contributed by atoms with E-state index < -0.39 is 26.4 Å². The van der Waals surface area contributed by atoms with Crippen molar-refractivity contribution in [1.82, 2.24) is 30.0 Å². The molecule has 2 atom stereocenters. The molecule has 160 valence electrons. The van der Waals surface area contributed by atoms with Crippen LogP contribution in [0.5, 0.6) is 0 Å². The summed E-state index contributed by atoms with van der Waals surface area (Å²) in [5, 5.41) is 18.5. The Kier molecular flexibility index (Phi) is 5.24. The molecular formula is C18H31N7O3Si. The van der Waals surface area contributed by atoms with Crippen molar-refractivity contribution in [3.63, 3.8) is 0 Å². The minimum Gasteiger partial charge on any atom is -0.380 e. The number of hydrogen-bond donors (Lipinski definition) is 3. The summed E-state index contributed by atoms with van der Waals surface area (Å²) in [5.74, 6) is 0.459. The first-order valence-corrected chi connectivity index (χ1v) is 12.7. The Morgan fingerprint density at radius 2 is 2.07 bits per heavy atom. The number of carbonyl (C=O) groups excluding carboxylic acids is 2. The van der Waals surface area contributed by atoms with Crippen LogP contribution >= 0.6 is 0 Å². The number of hydroxylamine groups is 2. The highest BCUT2D eigenvalue weighted by Crippen LogP contribution is 2.43. The molecule has 0 spiro atoms. The first-order chi connectivity index (χ1) is 13.4. The van der Waals surface area contributed by atoms with Crippen LogP contribution < -0.4 is 10.3 Å². The van der Waals surface area contributed by atoms with Gasteiger partial charge in [-0.15, -0.1) is 0 Å². The van der Waals surface area contributed by atoms with E-state index in [4.69, 9.17) is 0 Å². The third-order valence-corrected chi connectivity index (χ3v) is 11.0. The zero-order chi connectivity index (χ0) is 21.7. The fourth-order valence-electron chi connectivity index (χ4n) is 3.65. The Morgan fingerprint density at radius 3 is 2.62 bits per heavy atom. The molecule has 1 saturated heterocycles. The van der Waals surface area contributed by atoms with E-state index in [9.17, 15) is 14.8 Å². The van der Waals surface area contributed by atoms with Crippen LogP contribution in [0.1, 0.15) is 44.1 Å². The molecule has 2 aliphatic rings. The minimum atomic E-state index is -2.02. The van der Waals surface area contributed by atoms with E-state index in [-0.39, 0.29) is 17.5 Å². The zero-order valence-electron chi connectivity index (χ0n) is 18.1. The number of amides is 3. The molecule has 0 aliphatic carbocycles. The number of aromatic nitrogens is 2. The lowest BCUT2D eigenvalue weighted by atomic mass is 9.97. The molecule has 11 heteroatoms. The molecular weight excluding hydrogens is 390 g/mol. The average molecular weight is 422 g/mol. The highest BCUT2D eigenvalue weighted by Gasteiger charge is 2.51. The maximum atomic E-state index is 12.9. The van der Waals surface area contributed by atoms with Gasteiger partial charge < -0.3 is 15.2 Å². The fraction of sp³-hybridized carbons (Fsp3) is 0.667. The number of fused-ring (bicyclic) bond motifs is 4. The zero-order valence-corrected chi connectivity index (χ0v) is 19.1. The molecule has 1 aromatic heterocycles. The third-order valence-electron chi connectivity index (χ3n) is 6.32. The Balaban J connectivity index is 1.96. The summed E-state index contributed by atoms with van der Waals surface area (Å²) in [4.78, 5) is 34.5. The molecule has 3 amide bonds. The molecule has 29 heavy (non-hydrogen) atoms. The topological polar surface area (TPSA) is 115 Å². The van der Waals surface area contributed by atoms with Gasteiger partial charge in [0, 0.05) is 19.7 Å². The van der Waals surface area contributed by atoms with E-state index in [1.165, 1.54) is 0 Å². The van der Waals surface area contributed by atoms with Crippen molar-refractivity contribution in [2.24, 2.45) is 4.99 Å². The van der Waals surface area contributed by atoms with Gasteiger partial charge in [0.15, 0.2) is 8.24 Å². The summed E-state index contributed by atoms with van der Waals surface area (Å²) in [7, 11) is 1.36. The van der Waals surface area contributed by atoms with Crippen LogP contribution in [-0.4, -0.2) is 71.6 Å². The summed E-state index contributed by atoms with van der Waals surface area (Å²) < 4.78 is 1.62. The van der Waals surface area contributed by atoms with Crippen LogP contribution in [0.3, 0.4) is 0 Å². The Hall–Kier alpha value is -2.40. The number of carbonyl (C=O) groups is 2. The molecule has 0 saturated carbocycles. The maximum Gasteiger partial charge on any atom is 0.345 e. The first kappa shape index (κ1) is 21.3. The molecule has 0 aromatic carbocycles. The van der Waals surface area contributed by atoms with Crippen molar-refractivity contribution in [3.8, 4) is 0 Å². The lowest BCUT2D eigenvalue weighted by Crippen LogP contribution is -2.55. The number of urea groups is 1. The molecule has 3 rings (SSSR count). The van der Waals surface area contributed by atoms with Gasteiger partial charge in [0.1, 0.15) is 24.5 Å². The molecule has 0 unspecified atom stereocenters. The molecule has 2 bridgehead atoms. The van der Waals surface area contributed by atoms with Gasteiger partial charge in [-0.25, -0.2) is 4.79 Å². The van der Waals surface area contributed by atoms with Gasteiger partial charge in [-0.05, 0) is 5.04 Å². The molecule has 10 nitrogen and oxygen atoms in total. The third kappa shape index (κ3) is 3.42. The van der Waals surface area contributed by atoms with Gasteiger partial charge >= 0.3 is 6.03 Å². The SMILES string of the molecule is CN=C(NC)[C@@H]1c2c(cnn2CC(=O)N[Si](C)(C)C(C)(C)C)[C@@H]2CN1C(=O)N2O. The number of likely N-dealkylation sites (N-methyl/N-ethyl adjacent to an activating group) is 1. The largest absolute Gasteiger partial charge is 0.380 e. The first-order valence-electron chi connectivity index (χ1n) is 9.72. The number of amidine groups is 1. The fourth-order valence-corrected chi connectivity index (χ4v) is 4.80. The van der Waals surface area contributed by atoms with Crippen LogP contribution in [0.4, 0.5) is 4.79 Å². The van der Waals surface area contributed by atoms with Gasteiger partial charge in [0.25, 0.3) is 0 Å². The molecule has 0 radical (unpaired) electrons. The summed E-state index contributed by atoms with van der Waals surface area (Å²) in [5.41, 5.74) is 1.43. The van der Waals surface area contributed by atoms with E-state index >= 15 is 0 Å². The summed E-state index contributed by atoms with van der Waals surface area (Å²) in [6.07, 6.45) is 1.63. The standard InChI is InChI=1S/C18H31N7O3Si/c1-18(2,3)29(6,7)22-13(26)10-24-14-11(8-21-24)12-9-23(17(27)25(12)28)15(14)16(19-4)20-5/h8,12,15,28H,9-10H2,1-7H3,(H,19,20)(H,22,26)/t12-,15-/m0/s1. The van der Waals surface area contributed by atoms with Crippen molar-refractivity contribution in [2.45, 2.75) is 57.5 Å². The van der Waals surface area contributed by atoms with E-state index in [2.05, 4.69) is 54.3 Å². The highest BCUT2D eigenvalue weighted by molar-refractivity contribution is 6.79. The Bertz CT molecular complexity index is 858. The lowest BCUT2D eigenvalue weighted by Gasteiger charge is -2.37. The van der Waals surface area contributed by atoms with Crippen LogP contribution in [-0.2, 0) is 11.3 Å². The summed E-state index contributed by atoms with van der Waals surface area (Å²) in [6, 6.07) is -1.52. The van der Waals surface area contributed by atoms with Crippen LogP contribution in [0.25, 0.3) is 0 Å². The van der Waals surface area contributed by atoms with Crippen molar-refractivity contribution in [3.05, 3.63) is 17.5 Å². The van der Waals surface area contributed by atoms with Crippen LogP contribution in [0, 0.1) is 0 Å². The van der Waals surface area contributed by atoms with Gasteiger partial charge in [0.05, 0.1) is 18.4 Å². The molecule has 3 heterocycles. The molecule has 3 N–H and O–H groups in total. The monoisotopic (exact) mass is 421 g/mol. The molecule has 1 fully saturated rings. The second kappa shape index (κ2) is 7.13. The predicted molar refractivity (Wildman–Crippen MR) is 111 cm³/mol. The average Bonchev–Trinajstić information content (AvgIpc) is 3.13. The van der Waals surface area contributed by atoms with Gasteiger partial charge in [0.2, 0.25) is 5.91 Å². The van der Waals surface area contributed by atoms with Gasteiger partial charge in [-0.1, -0.05) is 33.9 Å². The lowest BCUT2D eigenvalue weighted by molar-refractivity contribution is -0.120. The second-order valence-electron chi connectivity index (χ2n) is 9.12. The number of nitrogens with zero attached hydrogens (tertiary/aromatic N) is 5. The van der Waals surface area contributed by atoms with Gasteiger partial charge in [-0.2, -0.15) is 10.2 Å². The normalized spacial score (nSPS) is 22.1. The highest BCUT2D eigenvalue weighted by atomic mass is 28.3. The van der Waals surface area contributed by atoms with E-state index in [0.29, 0.717) is 18.1 Å². The van der Waals surface area contributed by atoms with Gasteiger partial charge in [-0.3, -0.25) is 19.7 Å². The van der Waals surface area contributed by atoms with Crippen molar-refractivity contribution in [1.29, 1.82) is 0 Å². The van der Waals surface area contributed by atoms with E-state index in [1.807, 2.05) is 0 Å². The quantitative estimate of drug-likeness (QED) is 0.295. The molecule has 1 aromatic rings. The molecule has 2 aliphatic heterocycles. The van der Waals surface area contributed by atoms with Crippen LogP contribution in [0.15, 0.2) is 11.2 Å². The summed E-state index contributed by atoms with van der Waals surface area (Å²) >= 11 is 0. The van der Waals surface area contributed by atoms with Crippen molar-refractivity contribution >= 4 is 26.0 Å². The Labute approximate surface area is 172 Å². The Morgan fingerprint density at radius 1 is 1.41 bits per heavy atom. The number of nitrogens with one attached hydrogen (secondary N) is 2. The van der Waals surface area contributed by atoms with Crippen molar-refractivity contribution < 1.29 is 14.8 Å². The second-order valence-corrected chi connectivity index (χ2v) is 14.1. The minimum absolute atomic E-state index is 0.0114. The predicted octanol–water partition coefficient (Wildman–Crippen LogP) is 1.47. The number of aliphatic imine (C=N–C) groups is 1. The maximum absolute atomic E-state index is 12.9. The summed E-state index contributed by atoms with van der Waals surface area (Å²) in [6.45, 7) is 11.0. The number of hydrogen-bond acceptors (Lipinski definition) is 5. The van der Waals surface area contributed by atoms with E-state index in [0.717, 1.165) is 10.6 Å². The smallest absolute Gasteiger partial charge is 0.345 e. The van der Waals surface area contributed by atoms with Crippen molar-refractivity contribution in [2.75, 3.05) is 20.6 Å². The van der Waals surface area contributed by atoms with Crippen LogP contribution in [0.2, 0.25) is 18.1 Å². The number of rotatable bonds is 4.